The molecule has 7 aromatic rings. The van der Waals surface area contributed by atoms with E-state index in [2.05, 4.69) is 124 Å². The Kier molecular flexibility index (Phi) is 16.0. The van der Waals surface area contributed by atoms with Gasteiger partial charge in [-0.3, -0.25) is 19.2 Å². The van der Waals surface area contributed by atoms with E-state index >= 15 is 19.2 Å². The summed E-state index contributed by atoms with van der Waals surface area (Å²) in [6.07, 6.45) is 0.904. The van der Waals surface area contributed by atoms with Crippen LogP contribution in [0.25, 0.3) is 10.8 Å². The summed E-state index contributed by atoms with van der Waals surface area (Å²) in [6.45, 7) is 34.2. The van der Waals surface area contributed by atoms with Crippen LogP contribution in [0.15, 0.2) is 156 Å². The van der Waals surface area contributed by atoms with Crippen LogP contribution in [-0.4, -0.2) is 39.3 Å². The summed E-state index contributed by atoms with van der Waals surface area (Å²) >= 11 is 17.1. The summed E-state index contributed by atoms with van der Waals surface area (Å²) in [6, 6.07) is 46.4. The number of anilines is 2. The number of carbonyl (C=O) groups excluding carboxylic acids is 4. The van der Waals surface area contributed by atoms with Crippen LogP contribution in [0.4, 0.5) is 11.4 Å². The Labute approximate surface area is 505 Å². The van der Waals surface area contributed by atoms with Crippen LogP contribution in [0.5, 0.6) is 5.75 Å². The van der Waals surface area contributed by atoms with Crippen LogP contribution in [0.3, 0.4) is 0 Å². The number of nitrogens with one attached hydrogen (secondary N) is 2. The van der Waals surface area contributed by atoms with Gasteiger partial charge in [0.1, 0.15) is 5.75 Å². The molecular formula is C72H81BrCl2N2O5. The quantitative estimate of drug-likeness (QED) is 0.0734. The highest BCUT2D eigenvalue weighted by atomic mass is 79.9. The second-order valence-electron chi connectivity index (χ2n) is 27.6. The summed E-state index contributed by atoms with van der Waals surface area (Å²) < 4.78 is 0.722. The van der Waals surface area contributed by atoms with E-state index in [1.807, 2.05) is 58.9 Å². The van der Waals surface area contributed by atoms with Gasteiger partial charge in [0, 0.05) is 75.7 Å². The Hall–Kier alpha value is -6.06. The molecule has 1 aliphatic carbocycles. The number of hydrogen-bond donors (Lipinski definition) is 3. The number of benzene rings is 7. The van der Waals surface area contributed by atoms with Crippen LogP contribution in [-0.2, 0) is 10.8 Å². The molecule has 4 atom stereocenters. The smallest absolute Gasteiger partial charge is 0.172 e. The van der Waals surface area contributed by atoms with E-state index in [4.69, 9.17) is 23.2 Å². The second kappa shape index (κ2) is 21.2. The Balaban J connectivity index is 1.41. The summed E-state index contributed by atoms with van der Waals surface area (Å²) in [5, 5.41) is 21.8. The molecule has 0 saturated heterocycles. The first kappa shape index (κ1) is 62.0. The third-order valence-electron chi connectivity index (χ3n) is 20.5. The van der Waals surface area contributed by atoms with Crippen LogP contribution in [0.2, 0.25) is 10.0 Å². The van der Waals surface area contributed by atoms with Crippen molar-refractivity contribution in [1.82, 2.24) is 0 Å². The summed E-state index contributed by atoms with van der Waals surface area (Å²) in [5.41, 5.74) is -5.89. The van der Waals surface area contributed by atoms with Crippen molar-refractivity contribution in [1.29, 1.82) is 0 Å². The topological polar surface area (TPSA) is 113 Å². The van der Waals surface area contributed by atoms with E-state index in [-0.39, 0.29) is 49.4 Å². The lowest BCUT2D eigenvalue weighted by molar-refractivity contribution is -0.171. The van der Waals surface area contributed by atoms with E-state index in [1.165, 1.54) is 11.1 Å². The first-order valence-electron chi connectivity index (χ1n) is 28.3. The summed E-state index contributed by atoms with van der Waals surface area (Å²) in [5.74, 6) is -2.14. The first-order chi connectivity index (χ1) is 37.9. The SMILES string of the molecule is CC(C)(C)Nc1ccc2c(c1)C(C)(c1ccc(NC(C)(C)C(C)(C)C(C)(C(C)(C)C(=O)c3ccc4ccccc4c3O)C(C)(C(=O)c3ccc(Cl)cc3)C(C)(C(=O)c3ccc(Br)cc3)C(C)(C)C(=O)c3ccccc3Cl)cc1)CC2(C)C. The molecule has 3 N–H and O–H groups in total. The van der Waals surface area contributed by atoms with Gasteiger partial charge in [-0.1, -0.05) is 195 Å². The van der Waals surface area contributed by atoms with Crippen LogP contribution in [0, 0.1) is 32.5 Å². The molecule has 0 aliphatic heterocycles. The van der Waals surface area contributed by atoms with Gasteiger partial charge in [-0.2, -0.15) is 0 Å². The highest BCUT2D eigenvalue weighted by Gasteiger charge is 2.78. The van der Waals surface area contributed by atoms with Gasteiger partial charge in [-0.15, -0.1) is 0 Å². The molecule has 0 fully saturated rings. The van der Waals surface area contributed by atoms with E-state index in [9.17, 15) is 5.11 Å². The number of hydrogen-bond acceptors (Lipinski definition) is 7. The molecule has 4 unspecified atom stereocenters. The van der Waals surface area contributed by atoms with Crippen molar-refractivity contribution in [2.45, 2.75) is 146 Å². The highest BCUT2D eigenvalue weighted by Crippen LogP contribution is 2.74. The Morgan fingerprint density at radius 1 is 0.524 bits per heavy atom. The normalized spacial score (nSPS) is 17.9. The number of Topliss-reactive ketones (excluding diaryl/α,β-unsaturated/α-hetero) is 4. The van der Waals surface area contributed by atoms with Gasteiger partial charge < -0.3 is 15.7 Å². The third kappa shape index (κ3) is 9.84. The number of carbonyl (C=O) groups is 4. The molecule has 0 heterocycles. The van der Waals surface area contributed by atoms with Gasteiger partial charge >= 0.3 is 0 Å². The minimum absolute atomic E-state index is 0.0483. The van der Waals surface area contributed by atoms with Gasteiger partial charge in [0.2, 0.25) is 0 Å². The fourth-order valence-electron chi connectivity index (χ4n) is 14.6. The van der Waals surface area contributed by atoms with E-state index < -0.39 is 61.2 Å². The third-order valence-corrected chi connectivity index (χ3v) is 21.6. The number of phenolic OH excluding ortho intramolecular Hbond substituents is 1. The number of fused-ring (bicyclic) bond motifs is 2. The molecular weight excluding hydrogens is 1120 g/mol. The molecule has 7 nitrogen and oxygen atoms in total. The zero-order chi connectivity index (χ0) is 60.8. The Bertz CT molecular complexity index is 3650. The van der Waals surface area contributed by atoms with Gasteiger partial charge in [-0.05, 0) is 153 Å². The fourth-order valence-corrected chi connectivity index (χ4v) is 15.2. The fraction of sp³-hybridized carbons (Fsp3) is 0.389. The number of ketones is 4. The average Bonchev–Trinajstić information content (AvgIpc) is 0.917. The molecule has 0 radical (unpaired) electrons. The summed E-state index contributed by atoms with van der Waals surface area (Å²) in [7, 11) is 0. The molecule has 82 heavy (non-hydrogen) atoms. The van der Waals surface area contributed by atoms with Crippen molar-refractivity contribution in [3.8, 4) is 5.75 Å². The van der Waals surface area contributed by atoms with Crippen LogP contribution in [0.1, 0.15) is 182 Å². The van der Waals surface area contributed by atoms with E-state index in [0.29, 0.717) is 10.4 Å². The molecule has 7 aromatic carbocycles. The molecule has 8 rings (SSSR count). The van der Waals surface area contributed by atoms with Gasteiger partial charge in [0.25, 0.3) is 0 Å². The molecule has 0 saturated carbocycles. The molecule has 0 bridgehead atoms. The number of rotatable bonds is 18. The zero-order valence-electron chi connectivity index (χ0n) is 50.9. The molecule has 430 valence electrons. The van der Waals surface area contributed by atoms with Crippen molar-refractivity contribution in [3.63, 3.8) is 0 Å². The monoisotopic (exact) mass is 1200 g/mol. The van der Waals surface area contributed by atoms with E-state index in [0.717, 1.165) is 33.2 Å². The maximum atomic E-state index is 17.2. The second-order valence-corrected chi connectivity index (χ2v) is 29.4. The lowest BCUT2D eigenvalue weighted by Gasteiger charge is -2.70. The maximum Gasteiger partial charge on any atom is 0.172 e. The molecule has 1 aliphatic rings. The maximum absolute atomic E-state index is 17.2. The highest BCUT2D eigenvalue weighted by molar-refractivity contribution is 9.10. The minimum atomic E-state index is -2.08. The Morgan fingerprint density at radius 2 is 1.05 bits per heavy atom. The van der Waals surface area contributed by atoms with Crippen molar-refractivity contribution in [3.05, 3.63) is 205 Å². The largest absolute Gasteiger partial charge is 0.507 e. The van der Waals surface area contributed by atoms with Crippen molar-refractivity contribution >= 4 is 84.4 Å². The summed E-state index contributed by atoms with van der Waals surface area (Å²) in [4.78, 5) is 66.6. The minimum Gasteiger partial charge on any atom is -0.507 e. The zero-order valence-corrected chi connectivity index (χ0v) is 54.0. The molecule has 0 amide bonds. The molecule has 10 heteroatoms. The van der Waals surface area contributed by atoms with Crippen molar-refractivity contribution in [2.24, 2.45) is 32.5 Å². The lowest BCUT2D eigenvalue weighted by atomic mass is 9.31. The number of phenols is 1. The van der Waals surface area contributed by atoms with Crippen LogP contribution < -0.4 is 10.6 Å². The molecule has 0 aromatic heterocycles. The number of aromatic hydroxyl groups is 1. The van der Waals surface area contributed by atoms with Gasteiger partial charge in [0.15, 0.2) is 23.1 Å². The average molecular weight is 1210 g/mol. The van der Waals surface area contributed by atoms with E-state index in [1.54, 1.807) is 113 Å². The van der Waals surface area contributed by atoms with Crippen molar-refractivity contribution in [2.75, 3.05) is 10.6 Å². The predicted octanol–water partition coefficient (Wildman–Crippen LogP) is 19.6. The Morgan fingerprint density at radius 3 is 1.63 bits per heavy atom. The standard InChI is InChI=1S/C72H81BrCl2N2O5/c1-63(2,3)76-51-39-41-55-56(42-51)69(14,43-64(55,4)5)47-31-37-50(38-32-47)77-68(12,13)67(10,11)72(17,66(8,9)62(82)54-40-30-44-22-18-19-23-52(44)58(54)78)71(16,60(80)46-28-35-49(74)36-29-46)70(15,59(79)45-26-33-48(73)34-27-45)65(6,7)61(81)53-24-20-21-25-57(53)75/h18-42,76-78H,43H2,1-17H3. The number of halogens is 3. The molecule has 0 spiro atoms. The predicted molar refractivity (Wildman–Crippen MR) is 344 cm³/mol. The van der Waals surface area contributed by atoms with Crippen molar-refractivity contribution < 1.29 is 24.3 Å². The lowest BCUT2D eigenvalue weighted by Crippen LogP contribution is -2.74. The van der Waals surface area contributed by atoms with Gasteiger partial charge in [-0.25, -0.2) is 0 Å². The first-order valence-corrected chi connectivity index (χ1v) is 29.9. The van der Waals surface area contributed by atoms with Crippen LogP contribution >= 0.6 is 39.1 Å². The van der Waals surface area contributed by atoms with Gasteiger partial charge in [0.05, 0.1) is 21.4 Å².